The average Bonchev–Trinajstić information content (AvgIpc) is 2.77. The first-order chi connectivity index (χ1) is 10.6. The molecule has 1 saturated heterocycles. The second kappa shape index (κ2) is 4.26. The molecule has 22 heavy (non-hydrogen) atoms. The number of nitrogens with two attached hydrogens (primary N) is 1. The van der Waals surface area contributed by atoms with Crippen molar-refractivity contribution in [2.45, 2.75) is 11.0 Å². The van der Waals surface area contributed by atoms with Gasteiger partial charge in [-0.3, -0.25) is 5.73 Å². The molecule has 0 unspecified atom stereocenters. The summed E-state index contributed by atoms with van der Waals surface area (Å²) in [5.41, 5.74) is 5.06. The van der Waals surface area contributed by atoms with Crippen molar-refractivity contribution in [2.75, 3.05) is 12.4 Å². The summed E-state index contributed by atoms with van der Waals surface area (Å²) in [5.74, 6) is 0.825. The van der Waals surface area contributed by atoms with Gasteiger partial charge in [0, 0.05) is 16.1 Å². The Morgan fingerprint density at radius 2 is 2.23 bits per heavy atom. The van der Waals surface area contributed by atoms with Crippen molar-refractivity contribution in [2.24, 2.45) is 16.6 Å². The molecular weight excluding hydrogens is 364 g/mol. The molecule has 1 aliphatic carbocycles. The number of hydrogen-bond acceptors (Lipinski definition) is 5. The SMILES string of the molecule is N#C[C@@]12[C@@H](c3cccc(Br)c3)[C@]1(C#N)C(N)=[NH+][C@@]21OCCS1. The van der Waals surface area contributed by atoms with Crippen LogP contribution in [0.4, 0.5) is 0 Å². The number of hydrogen-bond donors (Lipinski definition) is 2. The fourth-order valence-electron chi connectivity index (χ4n) is 4.00. The summed E-state index contributed by atoms with van der Waals surface area (Å²) in [7, 11) is 0. The summed E-state index contributed by atoms with van der Waals surface area (Å²) in [6.45, 7) is 0.543. The van der Waals surface area contributed by atoms with Gasteiger partial charge >= 0.3 is 0 Å². The fourth-order valence-corrected chi connectivity index (χ4v) is 5.78. The molecule has 3 aliphatic rings. The molecule has 1 saturated carbocycles. The van der Waals surface area contributed by atoms with Crippen LogP contribution in [0, 0.1) is 33.5 Å². The molecule has 0 amide bonds. The highest BCUT2D eigenvalue weighted by atomic mass is 79.9. The molecule has 1 spiro atoms. The van der Waals surface area contributed by atoms with Crippen LogP contribution in [0.1, 0.15) is 11.5 Å². The van der Waals surface area contributed by atoms with Crippen LogP contribution in [0.3, 0.4) is 0 Å². The third-order valence-electron chi connectivity index (χ3n) is 4.88. The summed E-state index contributed by atoms with van der Waals surface area (Å²) < 4.78 is 6.81. The summed E-state index contributed by atoms with van der Waals surface area (Å²) in [5, 5.41) is 18.9. The molecule has 4 atom stereocenters. The zero-order valence-electron chi connectivity index (χ0n) is 11.5. The Labute approximate surface area is 140 Å². The first kappa shape index (κ1) is 14.1. The first-order valence-corrected chi connectivity index (χ1v) is 8.63. The minimum absolute atomic E-state index is 0.292. The van der Waals surface area contributed by atoms with Gasteiger partial charge in [0.1, 0.15) is 0 Å². The number of ether oxygens (including phenoxy) is 1. The molecule has 7 heteroatoms. The summed E-state index contributed by atoms with van der Waals surface area (Å²) in [6, 6.07) is 12.4. The van der Waals surface area contributed by atoms with E-state index in [1.54, 1.807) is 0 Å². The zero-order chi connectivity index (χ0) is 15.6. The Kier molecular flexibility index (Phi) is 2.73. The van der Waals surface area contributed by atoms with Gasteiger partial charge in [0.15, 0.2) is 10.8 Å². The topological polar surface area (TPSA) is 96.8 Å². The number of nitriles is 2. The quantitative estimate of drug-likeness (QED) is 0.741. The fraction of sp³-hybridized carbons (Fsp3) is 0.400. The summed E-state index contributed by atoms with van der Waals surface area (Å²) in [4.78, 5) is 3.11. The number of halogens is 1. The van der Waals surface area contributed by atoms with E-state index in [1.165, 1.54) is 11.8 Å². The number of benzene rings is 1. The Bertz CT molecular complexity index is 791. The second-order valence-electron chi connectivity index (χ2n) is 5.68. The van der Waals surface area contributed by atoms with Gasteiger partial charge in [0.25, 0.3) is 10.9 Å². The van der Waals surface area contributed by atoms with Crippen molar-refractivity contribution in [1.29, 1.82) is 10.5 Å². The van der Waals surface area contributed by atoms with Crippen LogP contribution < -0.4 is 10.7 Å². The molecule has 2 fully saturated rings. The first-order valence-electron chi connectivity index (χ1n) is 6.85. The van der Waals surface area contributed by atoms with Crippen LogP contribution in [-0.2, 0) is 4.74 Å². The van der Waals surface area contributed by atoms with Crippen LogP contribution in [0.25, 0.3) is 0 Å². The molecule has 4 rings (SSSR count). The van der Waals surface area contributed by atoms with E-state index in [1.807, 2.05) is 24.3 Å². The van der Waals surface area contributed by atoms with E-state index in [9.17, 15) is 10.5 Å². The second-order valence-corrected chi connectivity index (χ2v) is 7.87. The minimum atomic E-state index is -1.04. The van der Waals surface area contributed by atoms with Crippen molar-refractivity contribution in [3.8, 4) is 12.1 Å². The lowest BCUT2D eigenvalue weighted by Crippen LogP contribution is -2.88. The highest BCUT2D eigenvalue weighted by Gasteiger charge is 2.96. The van der Waals surface area contributed by atoms with E-state index in [0.29, 0.717) is 12.4 Å². The van der Waals surface area contributed by atoms with Gasteiger partial charge in [-0.2, -0.15) is 10.5 Å². The maximum atomic E-state index is 9.99. The van der Waals surface area contributed by atoms with Gasteiger partial charge in [-0.15, -0.1) is 0 Å². The Morgan fingerprint density at radius 3 is 2.82 bits per heavy atom. The van der Waals surface area contributed by atoms with Gasteiger partial charge in [-0.25, -0.2) is 4.99 Å². The number of nitrogens with one attached hydrogen (secondary N) is 1. The third kappa shape index (κ3) is 1.27. The Morgan fingerprint density at radius 1 is 1.41 bits per heavy atom. The molecule has 2 aliphatic heterocycles. The Balaban J connectivity index is 1.94. The maximum absolute atomic E-state index is 9.99. The maximum Gasteiger partial charge on any atom is 0.277 e. The zero-order valence-corrected chi connectivity index (χ0v) is 13.9. The monoisotopic (exact) mass is 375 g/mol. The van der Waals surface area contributed by atoms with Crippen LogP contribution in [-0.4, -0.2) is 23.3 Å². The lowest BCUT2D eigenvalue weighted by atomic mass is 9.95. The van der Waals surface area contributed by atoms with E-state index in [-0.39, 0.29) is 5.92 Å². The average molecular weight is 376 g/mol. The molecule has 0 bridgehead atoms. The molecular formula is C15H12BrN4OS+. The number of amidine groups is 1. The Hall–Kier alpha value is -1.54. The van der Waals surface area contributed by atoms with Crippen molar-refractivity contribution >= 4 is 33.5 Å². The molecule has 0 aromatic heterocycles. The molecule has 5 nitrogen and oxygen atoms in total. The van der Waals surface area contributed by atoms with Crippen molar-refractivity contribution in [3.05, 3.63) is 34.3 Å². The smallest absolute Gasteiger partial charge is 0.277 e. The van der Waals surface area contributed by atoms with Gasteiger partial charge in [0.05, 0.1) is 18.7 Å². The van der Waals surface area contributed by atoms with E-state index in [0.717, 1.165) is 15.8 Å². The van der Waals surface area contributed by atoms with Crippen LogP contribution in [0.2, 0.25) is 0 Å². The predicted molar refractivity (Wildman–Crippen MR) is 84.3 cm³/mol. The molecule has 0 radical (unpaired) electrons. The van der Waals surface area contributed by atoms with Crippen molar-refractivity contribution < 1.29 is 9.73 Å². The van der Waals surface area contributed by atoms with E-state index < -0.39 is 15.9 Å². The number of thioether (sulfide) groups is 1. The highest BCUT2D eigenvalue weighted by Crippen LogP contribution is 2.80. The minimum Gasteiger partial charge on any atom is -0.327 e. The van der Waals surface area contributed by atoms with Crippen molar-refractivity contribution in [3.63, 3.8) is 0 Å². The predicted octanol–water partition coefficient (Wildman–Crippen LogP) is 0.435. The number of fused-ring (bicyclic) bond motifs is 2. The normalized spacial score (nSPS) is 41.6. The summed E-state index contributed by atoms with van der Waals surface area (Å²) in [6.07, 6.45) is 0. The number of nitrogens with zero attached hydrogens (tertiary/aromatic N) is 2. The van der Waals surface area contributed by atoms with Gasteiger partial charge < -0.3 is 4.74 Å². The lowest BCUT2D eigenvalue weighted by molar-refractivity contribution is -0.583. The van der Waals surface area contributed by atoms with Gasteiger partial charge in [0.2, 0.25) is 0 Å². The number of rotatable bonds is 1. The molecule has 3 N–H and O–H groups in total. The van der Waals surface area contributed by atoms with Crippen LogP contribution in [0.5, 0.6) is 0 Å². The van der Waals surface area contributed by atoms with E-state index in [4.69, 9.17) is 10.5 Å². The van der Waals surface area contributed by atoms with E-state index in [2.05, 4.69) is 33.1 Å². The molecule has 110 valence electrons. The lowest BCUT2D eigenvalue weighted by Gasteiger charge is -2.23. The largest absolute Gasteiger partial charge is 0.327 e. The molecule has 1 aromatic rings. The highest BCUT2D eigenvalue weighted by molar-refractivity contribution is 9.10. The van der Waals surface area contributed by atoms with Crippen LogP contribution in [0.15, 0.2) is 28.7 Å². The molecule has 1 aromatic carbocycles. The van der Waals surface area contributed by atoms with Crippen molar-refractivity contribution in [1.82, 2.24) is 0 Å². The van der Waals surface area contributed by atoms with E-state index >= 15 is 0 Å². The van der Waals surface area contributed by atoms with Crippen LogP contribution >= 0.6 is 27.7 Å². The standard InChI is InChI=1S/C15H11BrN4OS/c16-10-3-1-2-9(6-10)11-13(7-17)12(19)20-15(14(11,13)8-18)21-4-5-22-15/h1-3,6,11H,4-5H2,(H2,19,20)/p+1/t11-,13+,14+,15+/m0/s1. The summed E-state index contributed by atoms with van der Waals surface area (Å²) >= 11 is 4.98. The third-order valence-corrected chi connectivity index (χ3v) is 6.69. The van der Waals surface area contributed by atoms with Gasteiger partial charge in [-0.1, -0.05) is 39.8 Å². The molecule has 2 heterocycles. The van der Waals surface area contributed by atoms with Gasteiger partial charge in [-0.05, 0) is 17.7 Å².